The van der Waals surface area contributed by atoms with E-state index in [1.165, 1.54) is 0 Å². The van der Waals surface area contributed by atoms with Gasteiger partial charge in [0.05, 0.1) is 0 Å². The maximum absolute atomic E-state index is 9.59. The van der Waals surface area contributed by atoms with Crippen LogP contribution in [0, 0.1) is 0 Å². The molecule has 0 heterocycles. The van der Waals surface area contributed by atoms with E-state index in [1.807, 2.05) is 31.2 Å². The Morgan fingerprint density at radius 1 is 0.938 bits per heavy atom. The van der Waals surface area contributed by atoms with Crippen LogP contribution in [0.1, 0.15) is 12.5 Å². The highest BCUT2D eigenvalue weighted by atomic mass is 16.3. The molecule has 0 unspecified atom stereocenters. The highest BCUT2D eigenvalue weighted by molar-refractivity contribution is 5.66. The Bertz CT molecular complexity index is 504. The Hall–Kier alpha value is -1.96. The maximum Gasteiger partial charge on any atom is 0.118 e. The zero-order valence-electron chi connectivity index (χ0n) is 9.14. The van der Waals surface area contributed by atoms with Gasteiger partial charge in [0.1, 0.15) is 11.5 Å². The number of aromatic hydroxyl groups is 2. The van der Waals surface area contributed by atoms with Crippen LogP contribution in [0.2, 0.25) is 0 Å². The molecule has 0 aliphatic rings. The molecule has 82 valence electrons. The van der Waals surface area contributed by atoms with Gasteiger partial charge in [0.25, 0.3) is 0 Å². The van der Waals surface area contributed by atoms with Crippen molar-refractivity contribution in [2.75, 3.05) is 0 Å². The number of aryl methyl sites for hydroxylation is 1. The maximum atomic E-state index is 9.59. The second-order valence-electron chi connectivity index (χ2n) is 3.75. The Kier molecular flexibility index (Phi) is 2.82. The first-order chi connectivity index (χ1) is 7.70. The quantitative estimate of drug-likeness (QED) is 0.805. The zero-order chi connectivity index (χ0) is 11.5. The third kappa shape index (κ3) is 2.01. The molecule has 0 aromatic heterocycles. The average molecular weight is 214 g/mol. The Labute approximate surface area is 94.8 Å². The minimum Gasteiger partial charge on any atom is -0.508 e. The van der Waals surface area contributed by atoms with Crippen molar-refractivity contribution in [3.8, 4) is 22.6 Å². The summed E-state index contributed by atoms with van der Waals surface area (Å²) in [6.07, 6.45) is 0.790. The number of hydrogen-bond donors (Lipinski definition) is 2. The van der Waals surface area contributed by atoms with Crippen molar-refractivity contribution in [3.05, 3.63) is 48.0 Å². The first-order valence-electron chi connectivity index (χ1n) is 5.32. The zero-order valence-corrected chi connectivity index (χ0v) is 9.14. The summed E-state index contributed by atoms with van der Waals surface area (Å²) < 4.78 is 0. The van der Waals surface area contributed by atoms with Crippen LogP contribution in [0.5, 0.6) is 11.5 Å². The predicted molar refractivity (Wildman–Crippen MR) is 64.6 cm³/mol. The lowest BCUT2D eigenvalue weighted by molar-refractivity contribution is 0.469. The number of rotatable bonds is 2. The summed E-state index contributed by atoms with van der Waals surface area (Å²) >= 11 is 0. The molecule has 0 saturated heterocycles. The minimum absolute atomic E-state index is 0.253. The summed E-state index contributed by atoms with van der Waals surface area (Å²) in [4.78, 5) is 0. The molecule has 0 bridgehead atoms. The van der Waals surface area contributed by atoms with Gasteiger partial charge in [-0.25, -0.2) is 0 Å². The van der Waals surface area contributed by atoms with Crippen LogP contribution in [-0.4, -0.2) is 10.2 Å². The fourth-order valence-corrected chi connectivity index (χ4v) is 1.73. The molecule has 0 atom stereocenters. The normalized spacial score (nSPS) is 10.3. The molecular weight excluding hydrogens is 200 g/mol. The Morgan fingerprint density at radius 3 is 2.38 bits per heavy atom. The van der Waals surface area contributed by atoms with Crippen molar-refractivity contribution in [3.63, 3.8) is 0 Å². The molecule has 0 aliphatic heterocycles. The lowest BCUT2D eigenvalue weighted by Crippen LogP contribution is -1.84. The van der Waals surface area contributed by atoms with E-state index in [0.29, 0.717) is 5.75 Å². The Morgan fingerprint density at radius 2 is 1.69 bits per heavy atom. The van der Waals surface area contributed by atoms with Crippen LogP contribution in [-0.2, 0) is 6.42 Å². The molecule has 16 heavy (non-hydrogen) atoms. The molecule has 0 fully saturated rings. The summed E-state index contributed by atoms with van der Waals surface area (Å²) in [6.45, 7) is 2.00. The molecule has 0 amide bonds. The van der Waals surface area contributed by atoms with Crippen LogP contribution >= 0.6 is 0 Å². The highest BCUT2D eigenvalue weighted by Crippen LogP contribution is 2.27. The fourth-order valence-electron chi connectivity index (χ4n) is 1.73. The third-order valence-corrected chi connectivity index (χ3v) is 2.64. The van der Waals surface area contributed by atoms with Crippen molar-refractivity contribution in [2.45, 2.75) is 13.3 Å². The third-order valence-electron chi connectivity index (χ3n) is 2.64. The first kappa shape index (κ1) is 10.6. The van der Waals surface area contributed by atoms with Gasteiger partial charge >= 0.3 is 0 Å². The van der Waals surface area contributed by atoms with Gasteiger partial charge in [-0.3, -0.25) is 0 Å². The summed E-state index contributed by atoms with van der Waals surface area (Å²) in [6, 6.07) is 12.6. The van der Waals surface area contributed by atoms with Crippen molar-refractivity contribution in [1.82, 2.24) is 0 Å². The number of phenols is 2. The van der Waals surface area contributed by atoms with Crippen molar-refractivity contribution >= 4 is 0 Å². The van der Waals surface area contributed by atoms with E-state index in [0.717, 1.165) is 23.1 Å². The van der Waals surface area contributed by atoms with Crippen LogP contribution in [0.4, 0.5) is 0 Å². The largest absolute Gasteiger partial charge is 0.508 e. The standard InChI is InChI=1S/C14H14O2/c1-2-10-8-12(6-7-14(10)16)11-4-3-5-13(15)9-11/h3-9,15-16H,2H2,1H3. The summed E-state index contributed by atoms with van der Waals surface area (Å²) in [5.74, 6) is 0.579. The SMILES string of the molecule is CCc1cc(-c2cccc(O)c2)ccc1O. The fraction of sp³-hybridized carbons (Fsp3) is 0.143. The van der Waals surface area contributed by atoms with E-state index >= 15 is 0 Å². The van der Waals surface area contributed by atoms with Crippen LogP contribution in [0.15, 0.2) is 42.5 Å². The molecule has 2 aromatic rings. The van der Waals surface area contributed by atoms with Crippen molar-refractivity contribution < 1.29 is 10.2 Å². The topological polar surface area (TPSA) is 40.5 Å². The van der Waals surface area contributed by atoms with E-state index in [-0.39, 0.29) is 5.75 Å². The van der Waals surface area contributed by atoms with E-state index in [4.69, 9.17) is 0 Å². The van der Waals surface area contributed by atoms with Crippen LogP contribution in [0.25, 0.3) is 11.1 Å². The van der Waals surface area contributed by atoms with Gasteiger partial charge in [-0.05, 0) is 47.4 Å². The molecule has 2 rings (SSSR count). The summed E-state index contributed by atoms with van der Waals surface area (Å²) in [5, 5.41) is 19.0. The molecule has 2 N–H and O–H groups in total. The number of hydrogen-bond acceptors (Lipinski definition) is 2. The molecule has 0 spiro atoms. The number of benzene rings is 2. The van der Waals surface area contributed by atoms with Gasteiger partial charge in [-0.1, -0.05) is 25.1 Å². The van der Waals surface area contributed by atoms with Gasteiger partial charge in [0, 0.05) is 0 Å². The van der Waals surface area contributed by atoms with Crippen LogP contribution in [0.3, 0.4) is 0 Å². The van der Waals surface area contributed by atoms with E-state index in [1.54, 1.807) is 18.2 Å². The minimum atomic E-state index is 0.253. The molecular formula is C14H14O2. The summed E-state index contributed by atoms with van der Waals surface area (Å²) in [7, 11) is 0. The summed E-state index contributed by atoms with van der Waals surface area (Å²) in [5.41, 5.74) is 2.88. The first-order valence-corrected chi connectivity index (χ1v) is 5.32. The lowest BCUT2D eigenvalue weighted by atomic mass is 10.0. The molecule has 2 nitrogen and oxygen atoms in total. The van der Waals surface area contributed by atoms with Gasteiger partial charge < -0.3 is 10.2 Å². The van der Waals surface area contributed by atoms with E-state index < -0.39 is 0 Å². The molecule has 0 aliphatic carbocycles. The highest BCUT2D eigenvalue weighted by Gasteiger charge is 2.03. The molecule has 2 aromatic carbocycles. The van der Waals surface area contributed by atoms with E-state index in [2.05, 4.69) is 0 Å². The van der Waals surface area contributed by atoms with Gasteiger partial charge in [-0.15, -0.1) is 0 Å². The smallest absolute Gasteiger partial charge is 0.118 e. The van der Waals surface area contributed by atoms with Crippen molar-refractivity contribution in [1.29, 1.82) is 0 Å². The molecule has 0 radical (unpaired) electrons. The van der Waals surface area contributed by atoms with Gasteiger partial charge in [-0.2, -0.15) is 0 Å². The Balaban J connectivity index is 2.48. The monoisotopic (exact) mass is 214 g/mol. The van der Waals surface area contributed by atoms with Gasteiger partial charge in [0.15, 0.2) is 0 Å². The average Bonchev–Trinajstić information content (AvgIpc) is 2.29. The second-order valence-corrected chi connectivity index (χ2v) is 3.75. The van der Waals surface area contributed by atoms with Crippen molar-refractivity contribution in [2.24, 2.45) is 0 Å². The number of phenolic OH excluding ortho intramolecular Hbond substituents is 2. The molecule has 0 saturated carbocycles. The van der Waals surface area contributed by atoms with E-state index in [9.17, 15) is 10.2 Å². The van der Waals surface area contributed by atoms with Gasteiger partial charge in [0.2, 0.25) is 0 Å². The molecule has 2 heteroatoms. The van der Waals surface area contributed by atoms with Crippen LogP contribution < -0.4 is 0 Å². The lowest BCUT2D eigenvalue weighted by Gasteiger charge is -2.06. The second kappa shape index (κ2) is 4.27. The predicted octanol–water partition coefficient (Wildman–Crippen LogP) is 3.33.